The lowest BCUT2D eigenvalue weighted by atomic mass is 9.85. The molecule has 4 rings (SSSR count). The Hall–Kier alpha value is -2.24. The van der Waals surface area contributed by atoms with Crippen LogP contribution in [0.4, 0.5) is 0 Å². The summed E-state index contributed by atoms with van der Waals surface area (Å²) in [5.41, 5.74) is 0. The number of hydrogen-bond donors (Lipinski definition) is 0. The van der Waals surface area contributed by atoms with E-state index in [4.69, 9.17) is 0 Å². The third kappa shape index (κ3) is 2.00. The summed E-state index contributed by atoms with van der Waals surface area (Å²) in [5, 5.41) is 0. The van der Waals surface area contributed by atoms with Crippen LogP contribution < -0.4 is 0 Å². The van der Waals surface area contributed by atoms with Gasteiger partial charge in [0.25, 0.3) is 0 Å². The molecule has 0 aromatic carbocycles. The highest BCUT2D eigenvalue weighted by Gasteiger charge is 2.52. The van der Waals surface area contributed by atoms with Gasteiger partial charge in [0.2, 0.25) is 23.6 Å². The molecule has 6 nitrogen and oxygen atoms in total. The van der Waals surface area contributed by atoms with Gasteiger partial charge in [-0.1, -0.05) is 24.3 Å². The van der Waals surface area contributed by atoms with Crippen LogP contribution in [0.3, 0.4) is 0 Å². The first-order valence-electron chi connectivity index (χ1n) is 8.10. The molecule has 0 aromatic rings. The molecule has 0 saturated carbocycles. The van der Waals surface area contributed by atoms with Crippen molar-refractivity contribution in [3.63, 3.8) is 0 Å². The molecule has 2 saturated heterocycles. The quantitative estimate of drug-likeness (QED) is 0.559. The van der Waals surface area contributed by atoms with Crippen LogP contribution in [-0.4, -0.2) is 40.1 Å². The maximum Gasteiger partial charge on any atom is 0.234 e. The molecule has 0 bridgehead atoms. The molecule has 0 aromatic heterocycles. The van der Waals surface area contributed by atoms with Crippen molar-refractivity contribution in [2.45, 2.75) is 25.7 Å². The van der Waals surface area contributed by atoms with Gasteiger partial charge in [-0.3, -0.25) is 29.0 Å². The average molecular weight is 314 g/mol. The van der Waals surface area contributed by atoms with E-state index in [9.17, 15) is 19.2 Å². The summed E-state index contributed by atoms with van der Waals surface area (Å²) >= 11 is 0. The lowest BCUT2D eigenvalue weighted by Crippen LogP contribution is -2.45. The van der Waals surface area contributed by atoms with Gasteiger partial charge in [-0.15, -0.1) is 0 Å². The van der Waals surface area contributed by atoms with Crippen molar-refractivity contribution in [2.75, 3.05) is 6.67 Å². The number of nitrogens with zero attached hydrogens (tertiary/aromatic N) is 2. The third-order valence-electron chi connectivity index (χ3n) is 5.48. The Bertz CT molecular complexity index is 558. The summed E-state index contributed by atoms with van der Waals surface area (Å²) in [5.74, 6) is -2.33. The van der Waals surface area contributed by atoms with E-state index in [-0.39, 0.29) is 54.0 Å². The second-order valence-electron chi connectivity index (χ2n) is 6.66. The fourth-order valence-corrected chi connectivity index (χ4v) is 4.16. The summed E-state index contributed by atoms with van der Waals surface area (Å²) in [6.45, 7) is -0.213. The second-order valence-corrected chi connectivity index (χ2v) is 6.66. The van der Waals surface area contributed by atoms with E-state index in [1.807, 2.05) is 24.3 Å². The molecule has 4 aliphatic rings. The minimum absolute atomic E-state index is 0.213. The van der Waals surface area contributed by atoms with Gasteiger partial charge in [-0.25, -0.2) is 0 Å². The number of rotatable bonds is 2. The summed E-state index contributed by atoms with van der Waals surface area (Å²) < 4.78 is 0. The van der Waals surface area contributed by atoms with Crippen LogP contribution in [0.15, 0.2) is 24.3 Å². The number of allylic oxidation sites excluding steroid dienone is 4. The first kappa shape index (κ1) is 14.4. The van der Waals surface area contributed by atoms with Crippen molar-refractivity contribution in [1.82, 2.24) is 9.80 Å². The van der Waals surface area contributed by atoms with Crippen molar-refractivity contribution < 1.29 is 19.2 Å². The van der Waals surface area contributed by atoms with Crippen LogP contribution in [0.2, 0.25) is 0 Å². The van der Waals surface area contributed by atoms with Crippen molar-refractivity contribution in [3.05, 3.63) is 24.3 Å². The maximum absolute atomic E-state index is 12.5. The Morgan fingerprint density at radius 2 is 0.870 bits per heavy atom. The molecule has 2 aliphatic heterocycles. The third-order valence-corrected chi connectivity index (χ3v) is 5.48. The predicted octanol–water partition coefficient (Wildman–Crippen LogP) is 0.846. The fourth-order valence-electron chi connectivity index (χ4n) is 4.16. The van der Waals surface area contributed by atoms with Crippen LogP contribution >= 0.6 is 0 Å². The highest BCUT2D eigenvalue weighted by atomic mass is 16.2. The topological polar surface area (TPSA) is 74.8 Å². The number of imide groups is 2. The first-order chi connectivity index (χ1) is 11.1. The van der Waals surface area contributed by atoms with Gasteiger partial charge in [0.1, 0.15) is 6.67 Å². The SMILES string of the molecule is O=C1C2CC=CCC2C(=O)N1CN1C(=O)C2CC=CCC2C1=O. The Kier molecular flexibility index (Phi) is 3.21. The highest BCUT2D eigenvalue weighted by Crippen LogP contribution is 2.38. The highest BCUT2D eigenvalue weighted by molar-refractivity contribution is 6.08. The van der Waals surface area contributed by atoms with Gasteiger partial charge in [-0.2, -0.15) is 0 Å². The number of carbonyl (C=O) groups is 4. The normalized spacial score (nSPS) is 36.0. The van der Waals surface area contributed by atoms with Gasteiger partial charge < -0.3 is 0 Å². The zero-order chi connectivity index (χ0) is 16.1. The molecule has 4 unspecified atom stereocenters. The van der Waals surface area contributed by atoms with Crippen molar-refractivity contribution in [2.24, 2.45) is 23.7 Å². The van der Waals surface area contributed by atoms with Gasteiger partial charge >= 0.3 is 0 Å². The number of fused-ring (bicyclic) bond motifs is 2. The first-order valence-corrected chi connectivity index (χ1v) is 8.10. The van der Waals surface area contributed by atoms with E-state index in [0.717, 1.165) is 9.80 Å². The van der Waals surface area contributed by atoms with E-state index < -0.39 is 0 Å². The predicted molar refractivity (Wildman–Crippen MR) is 79.3 cm³/mol. The van der Waals surface area contributed by atoms with Crippen molar-refractivity contribution >= 4 is 23.6 Å². The molecule has 4 amide bonds. The molecule has 2 fully saturated rings. The van der Waals surface area contributed by atoms with Crippen molar-refractivity contribution in [1.29, 1.82) is 0 Å². The smallest absolute Gasteiger partial charge is 0.234 e. The maximum atomic E-state index is 12.5. The average Bonchev–Trinajstić information content (AvgIpc) is 2.97. The Balaban J connectivity index is 1.54. The van der Waals surface area contributed by atoms with Crippen LogP contribution in [-0.2, 0) is 19.2 Å². The largest absolute Gasteiger partial charge is 0.274 e. The zero-order valence-electron chi connectivity index (χ0n) is 12.7. The molecule has 23 heavy (non-hydrogen) atoms. The fraction of sp³-hybridized carbons (Fsp3) is 0.529. The van der Waals surface area contributed by atoms with Crippen LogP contribution in [0.25, 0.3) is 0 Å². The number of hydrogen-bond acceptors (Lipinski definition) is 4. The Morgan fingerprint density at radius 1 is 0.609 bits per heavy atom. The van der Waals surface area contributed by atoms with Crippen LogP contribution in [0.1, 0.15) is 25.7 Å². The number of amides is 4. The van der Waals surface area contributed by atoms with E-state index in [2.05, 4.69) is 0 Å². The minimum atomic E-state index is -0.329. The summed E-state index contributed by atoms with van der Waals surface area (Å²) in [4.78, 5) is 52.1. The molecular weight excluding hydrogens is 296 g/mol. The van der Waals surface area contributed by atoms with Gasteiger partial charge in [0, 0.05) is 0 Å². The van der Waals surface area contributed by atoms with Gasteiger partial charge in [0.15, 0.2) is 0 Å². The van der Waals surface area contributed by atoms with Crippen LogP contribution in [0, 0.1) is 23.7 Å². The minimum Gasteiger partial charge on any atom is -0.274 e. The molecule has 0 spiro atoms. The second kappa shape index (κ2) is 5.15. The summed E-state index contributed by atoms with van der Waals surface area (Å²) in [6, 6.07) is 0. The molecule has 4 atom stereocenters. The molecule has 0 radical (unpaired) electrons. The van der Waals surface area contributed by atoms with Crippen molar-refractivity contribution in [3.8, 4) is 0 Å². The van der Waals surface area contributed by atoms with Gasteiger partial charge in [-0.05, 0) is 25.7 Å². The van der Waals surface area contributed by atoms with E-state index in [0.29, 0.717) is 25.7 Å². The summed E-state index contributed by atoms with van der Waals surface area (Å²) in [6.07, 6.45) is 9.91. The lowest BCUT2D eigenvalue weighted by Gasteiger charge is -2.22. The van der Waals surface area contributed by atoms with E-state index in [1.54, 1.807) is 0 Å². The Morgan fingerprint density at radius 3 is 1.13 bits per heavy atom. The zero-order valence-corrected chi connectivity index (χ0v) is 12.7. The molecular formula is C17H18N2O4. The van der Waals surface area contributed by atoms with E-state index >= 15 is 0 Å². The Labute approximate surface area is 133 Å². The lowest BCUT2D eigenvalue weighted by molar-refractivity contribution is -0.148. The molecule has 0 N–H and O–H groups in total. The molecule has 2 heterocycles. The molecule has 2 aliphatic carbocycles. The van der Waals surface area contributed by atoms with Gasteiger partial charge in [0.05, 0.1) is 23.7 Å². The molecule has 120 valence electrons. The number of carbonyl (C=O) groups excluding carboxylic acids is 4. The summed E-state index contributed by atoms with van der Waals surface area (Å²) in [7, 11) is 0. The standard InChI is InChI=1S/C17H18N2O4/c20-14-10-5-1-2-6-11(10)15(21)18(14)9-19-16(22)12-7-3-4-8-13(12)17(19)23/h1-4,10-13H,5-9H2. The van der Waals surface area contributed by atoms with E-state index in [1.165, 1.54) is 0 Å². The molecule has 6 heteroatoms. The number of likely N-dealkylation sites (tertiary alicyclic amines) is 2. The monoisotopic (exact) mass is 314 g/mol. The van der Waals surface area contributed by atoms with Crippen LogP contribution in [0.5, 0.6) is 0 Å².